The summed E-state index contributed by atoms with van der Waals surface area (Å²) in [6.45, 7) is 0. The Kier molecular flexibility index (Phi) is 5.71. The van der Waals surface area contributed by atoms with Crippen LogP contribution in [0.5, 0.6) is 0 Å². The molecular formula is C16H21NO4S. The van der Waals surface area contributed by atoms with Gasteiger partial charge in [-0.25, -0.2) is 0 Å². The Morgan fingerprint density at radius 1 is 1.32 bits per heavy atom. The predicted molar refractivity (Wildman–Crippen MR) is 85.9 cm³/mol. The Bertz CT molecular complexity index is 587. The van der Waals surface area contributed by atoms with Gasteiger partial charge in [-0.2, -0.15) is 0 Å². The van der Waals surface area contributed by atoms with Crippen molar-refractivity contribution in [3.8, 4) is 0 Å². The first-order valence-corrected chi connectivity index (χ1v) is 9.11. The number of carboxylic acids is 1. The van der Waals surface area contributed by atoms with E-state index in [9.17, 15) is 13.8 Å². The van der Waals surface area contributed by atoms with Gasteiger partial charge in [0, 0.05) is 34.4 Å². The lowest BCUT2D eigenvalue weighted by Crippen LogP contribution is -2.30. The molecule has 1 aliphatic carbocycles. The van der Waals surface area contributed by atoms with Crippen LogP contribution in [0.25, 0.3) is 0 Å². The second kappa shape index (κ2) is 7.54. The van der Waals surface area contributed by atoms with Crippen molar-refractivity contribution in [1.29, 1.82) is 0 Å². The Morgan fingerprint density at radius 3 is 2.73 bits per heavy atom. The lowest BCUT2D eigenvalue weighted by atomic mass is 9.81. The van der Waals surface area contributed by atoms with E-state index in [-0.39, 0.29) is 11.8 Å². The van der Waals surface area contributed by atoms with E-state index in [1.807, 2.05) is 18.2 Å². The molecule has 3 unspecified atom stereocenters. The number of carbonyl (C=O) groups is 2. The number of aliphatic carboxylic acids is 1. The smallest absolute Gasteiger partial charge is 0.306 e. The molecule has 22 heavy (non-hydrogen) atoms. The standard InChI is InChI=1S/C16H21NO4S/c1-22(21)10-11-4-2-7-14(8-11)17-15(18)12-5-3-6-13(9-12)16(19)20/h2,4,7-8,12-13H,3,5-6,9-10H2,1H3,(H,17,18)(H,19,20). The molecule has 2 N–H and O–H groups in total. The number of anilines is 1. The van der Waals surface area contributed by atoms with Crippen molar-refractivity contribution in [2.24, 2.45) is 11.8 Å². The van der Waals surface area contributed by atoms with Crippen LogP contribution in [-0.4, -0.2) is 27.4 Å². The summed E-state index contributed by atoms with van der Waals surface area (Å²) in [5.41, 5.74) is 1.58. The van der Waals surface area contributed by atoms with Gasteiger partial charge >= 0.3 is 5.97 Å². The molecule has 0 aliphatic heterocycles. The first-order chi connectivity index (χ1) is 10.5. The Morgan fingerprint density at radius 2 is 2.05 bits per heavy atom. The second-order valence-corrected chi connectivity index (χ2v) is 7.24. The van der Waals surface area contributed by atoms with Crippen LogP contribution in [0.4, 0.5) is 5.69 Å². The molecule has 3 atom stereocenters. The Hall–Kier alpha value is -1.69. The van der Waals surface area contributed by atoms with E-state index < -0.39 is 22.7 Å². The van der Waals surface area contributed by atoms with E-state index in [4.69, 9.17) is 5.11 Å². The number of amides is 1. The lowest BCUT2D eigenvalue weighted by molar-refractivity contribution is -0.143. The average Bonchev–Trinajstić information content (AvgIpc) is 2.47. The molecule has 1 saturated carbocycles. The largest absolute Gasteiger partial charge is 0.481 e. The molecule has 0 saturated heterocycles. The Labute approximate surface area is 132 Å². The highest BCUT2D eigenvalue weighted by Gasteiger charge is 2.30. The molecule has 5 nitrogen and oxygen atoms in total. The van der Waals surface area contributed by atoms with Gasteiger partial charge in [0.2, 0.25) is 5.91 Å². The highest BCUT2D eigenvalue weighted by Crippen LogP contribution is 2.30. The summed E-state index contributed by atoms with van der Waals surface area (Å²) < 4.78 is 11.3. The fraction of sp³-hybridized carbons (Fsp3) is 0.500. The van der Waals surface area contributed by atoms with Crippen LogP contribution in [0.2, 0.25) is 0 Å². The van der Waals surface area contributed by atoms with Crippen LogP contribution in [0, 0.1) is 11.8 Å². The first kappa shape index (κ1) is 16.7. The molecule has 1 aliphatic rings. The number of nitrogens with one attached hydrogen (secondary N) is 1. The van der Waals surface area contributed by atoms with Crippen LogP contribution in [-0.2, 0) is 26.1 Å². The summed E-state index contributed by atoms with van der Waals surface area (Å²) in [5, 5.41) is 11.9. The quantitative estimate of drug-likeness (QED) is 0.871. The molecule has 0 radical (unpaired) electrons. The summed E-state index contributed by atoms with van der Waals surface area (Å²) in [6, 6.07) is 7.30. The normalized spacial score (nSPS) is 22.8. The maximum absolute atomic E-state index is 12.3. The molecule has 0 bridgehead atoms. The summed E-state index contributed by atoms with van der Waals surface area (Å²) >= 11 is 0. The molecule has 0 spiro atoms. The molecule has 1 aromatic carbocycles. The highest BCUT2D eigenvalue weighted by molar-refractivity contribution is 7.83. The van der Waals surface area contributed by atoms with E-state index in [2.05, 4.69) is 5.32 Å². The van der Waals surface area contributed by atoms with E-state index in [0.29, 0.717) is 24.3 Å². The zero-order chi connectivity index (χ0) is 16.1. The number of benzene rings is 1. The molecular weight excluding hydrogens is 302 g/mol. The highest BCUT2D eigenvalue weighted by atomic mass is 32.2. The van der Waals surface area contributed by atoms with Crippen molar-refractivity contribution in [3.63, 3.8) is 0 Å². The minimum Gasteiger partial charge on any atom is -0.481 e. The van der Waals surface area contributed by atoms with Crippen molar-refractivity contribution < 1.29 is 18.9 Å². The van der Waals surface area contributed by atoms with Crippen molar-refractivity contribution in [2.45, 2.75) is 31.4 Å². The molecule has 1 fully saturated rings. The number of rotatable bonds is 5. The summed E-state index contributed by atoms with van der Waals surface area (Å²) in [6.07, 6.45) is 4.19. The van der Waals surface area contributed by atoms with Crippen LogP contribution < -0.4 is 5.32 Å². The molecule has 0 heterocycles. The topological polar surface area (TPSA) is 83.5 Å². The third-order valence-electron chi connectivity index (χ3n) is 3.96. The van der Waals surface area contributed by atoms with E-state index in [1.165, 1.54) is 0 Å². The molecule has 6 heteroatoms. The molecule has 120 valence electrons. The Balaban J connectivity index is 1.99. The maximum atomic E-state index is 12.3. The number of carboxylic acid groups (broad SMARTS) is 1. The first-order valence-electron chi connectivity index (χ1n) is 7.38. The van der Waals surface area contributed by atoms with Gasteiger partial charge in [-0.15, -0.1) is 0 Å². The van der Waals surface area contributed by atoms with Crippen molar-refractivity contribution >= 4 is 28.4 Å². The van der Waals surface area contributed by atoms with Crippen molar-refractivity contribution in [1.82, 2.24) is 0 Å². The van der Waals surface area contributed by atoms with E-state index >= 15 is 0 Å². The zero-order valence-corrected chi connectivity index (χ0v) is 13.4. The number of carbonyl (C=O) groups excluding carboxylic acids is 1. The van der Waals surface area contributed by atoms with Crippen LogP contribution in [0.3, 0.4) is 0 Å². The molecule has 0 aromatic heterocycles. The summed E-state index contributed by atoms with van der Waals surface area (Å²) in [5.74, 6) is -1.16. The van der Waals surface area contributed by atoms with Gasteiger partial charge in [-0.05, 0) is 37.0 Å². The van der Waals surface area contributed by atoms with Crippen LogP contribution in [0.1, 0.15) is 31.2 Å². The van der Waals surface area contributed by atoms with Gasteiger partial charge in [-0.3, -0.25) is 13.8 Å². The van der Waals surface area contributed by atoms with Crippen LogP contribution in [0.15, 0.2) is 24.3 Å². The van der Waals surface area contributed by atoms with Gasteiger partial charge in [0.1, 0.15) is 0 Å². The fourth-order valence-electron chi connectivity index (χ4n) is 2.87. The maximum Gasteiger partial charge on any atom is 0.306 e. The van der Waals surface area contributed by atoms with Gasteiger partial charge in [0.05, 0.1) is 5.92 Å². The minimum absolute atomic E-state index is 0.124. The summed E-state index contributed by atoms with van der Waals surface area (Å²) in [4.78, 5) is 23.4. The molecule has 1 aromatic rings. The SMILES string of the molecule is CS(=O)Cc1cccc(NC(=O)C2CCCC(C(=O)O)C2)c1. The summed E-state index contributed by atoms with van der Waals surface area (Å²) in [7, 11) is -0.930. The van der Waals surface area contributed by atoms with Gasteiger partial charge < -0.3 is 10.4 Å². The van der Waals surface area contributed by atoms with Gasteiger partial charge in [-0.1, -0.05) is 18.6 Å². The molecule has 2 rings (SSSR count). The fourth-order valence-corrected chi connectivity index (χ4v) is 3.52. The van der Waals surface area contributed by atoms with Crippen LogP contribution >= 0.6 is 0 Å². The zero-order valence-electron chi connectivity index (χ0n) is 12.6. The minimum atomic E-state index is -0.930. The van der Waals surface area contributed by atoms with Crippen molar-refractivity contribution in [2.75, 3.05) is 11.6 Å². The van der Waals surface area contributed by atoms with Gasteiger partial charge in [0.25, 0.3) is 0 Å². The van der Waals surface area contributed by atoms with Crippen molar-refractivity contribution in [3.05, 3.63) is 29.8 Å². The predicted octanol–water partition coefficient (Wildman–Crippen LogP) is 2.39. The lowest BCUT2D eigenvalue weighted by Gasteiger charge is -2.25. The van der Waals surface area contributed by atoms with E-state index in [1.54, 1.807) is 12.3 Å². The third-order valence-corrected chi connectivity index (χ3v) is 4.70. The average molecular weight is 323 g/mol. The van der Waals surface area contributed by atoms with Gasteiger partial charge in [0.15, 0.2) is 0 Å². The number of hydrogen-bond donors (Lipinski definition) is 2. The third kappa shape index (κ3) is 4.66. The van der Waals surface area contributed by atoms with E-state index in [0.717, 1.165) is 18.4 Å². The number of hydrogen-bond acceptors (Lipinski definition) is 3. The second-order valence-electron chi connectivity index (χ2n) is 5.81. The molecule has 1 amide bonds. The monoisotopic (exact) mass is 323 g/mol.